The predicted molar refractivity (Wildman–Crippen MR) is 55.4 cm³/mol. The lowest BCUT2D eigenvalue weighted by Gasteiger charge is -2.03. The molecule has 0 aliphatic heterocycles. The standard InChI is InChI=1S/C8H9ClN2OS/c9-6-13-11-10-8(12)7-4-2-1-3-5-7/h1-5,11H,6H2,(H,10,12). The molecule has 5 heteroatoms. The molecule has 0 atom stereocenters. The molecule has 0 spiro atoms. The van der Waals surface area contributed by atoms with Crippen LogP contribution in [-0.4, -0.2) is 11.1 Å². The second-order valence-corrected chi connectivity index (χ2v) is 3.54. The summed E-state index contributed by atoms with van der Waals surface area (Å²) in [5.41, 5.74) is 3.11. The van der Waals surface area contributed by atoms with Crippen LogP contribution in [-0.2, 0) is 0 Å². The van der Waals surface area contributed by atoms with Crippen LogP contribution in [0.3, 0.4) is 0 Å². The van der Waals surface area contributed by atoms with Gasteiger partial charge in [-0.05, 0) is 24.1 Å². The van der Waals surface area contributed by atoms with Gasteiger partial charge in [-0.2, -0.15) is 4.83 Å². The molecule has 0 aliphatic rings. The number of carbonyl (C=O) groups is 1. The van der Waals surface area contributed by atoms with Crippen molar-refractivity contribution in [1.29, 1.82) is 0 Å². The molecule has 0 unspecified atom stereocenters. The monoisotopic (exact) mass is 216 g/mol. The molecule has 1 rings (SSSR count). The molecule has 0 saturated carbocycles. The summed E-state index contributed by atoms with van der Waals surface area (Å²) >= 11 is 6.59. The van der Waals surface area contributed by atoms with Gasteiger partial charge in [0.15, 0.2) is 0 Å². The zero-order chi connectivity index (χ0) is 9.52. The van der Waals surface area contributed by atoms with Crippen LogP contribution < -0.4 is 10.3 Å². The first kappa shape index (κ1) is 10.4. The van der Waals surface area contributed by atoms with E-state index in [4.69, 9.17) is 11.6 Å². The summed E-state index contributed by atoms with van der Waals surface area (Å²) in [6, 6.07) is 8.95. The van der Waals surface area contributed by atoms with Crippen molar-refractivity contribution in [2.75, 3.05) is 5.21 Å². The van der Waals surface area contributed by atoms with E-state index in [1.165, 1.54) is 11.9 Å². The fraction of sp³-hybridized carbons (Fsp3) is 0.125. The quantitative estimate of drug-likeness (QED) is 0.349. The lowest BCUT2D eigenvalue weighted by atomic mass is 10.2. The summed E-state index contributed by atoms with van der Waals surface area (Å²) in [6.07, 6.45) is 0. The minimum atomic E-state index is -0.168. The predicted octanol–water partition coefficient (Wildman–Crippen LogP) is 1.77. The van der Waals surface area contributed by atoms with E-state index in [0.717, 1.165) is 0 Å². The van der Waals surface area contributed by atoms with Crippen LogP contribution in [0.1, 0.15) is 10.4 Å². The topological polar surface area (TPSA) is 41.1 Å². The van der Waals surface area contributed by atoms with E-state index in [9.17, 15) is 4.79 Å². The van der Waals surface area contributed by atoms with Crippen LogP contribution >= 0.6 is 23.5 Å². The number of carbonyl (C=O) groups excluding carboxylic acids is 1. The third-order valence-corrected chi connectivity index (χ3v) is 2.01. The van der Waals surface area contributed by atoms with Gasteiger partial charge in [-0.3, -0.25) is 10.2 Å². The molecule has 0 radical (unpaired) electrons. The van der Waals surface area contributed by atoms with Crippen LogP contribution in [0, 0.1) is 0 Å². The van der Waals surface area contributed by atoms with Crippen molar-refractivity contribution in [3.8, 4) is 0 Å². The Morgan fingerprint density at radius 3 is 2.69 bits per heavy atom. The molecule has 3 nitrogen and oxygen atoms in total. The molecule has 0 saturated heterocycles. The van der Waals surface area contributed by atoms with E-state index in [1.807, 2.05) is 18.2 Å². The van der Waals surface area contributed by atoms with Crippen LogP contribution in [0.5, 0.6) is 0 Å². The van der Waals surface area contributed by atoms with Gasteiger partial charge in [-0.1, -0.05) is 18.2 Å². The summed E-state index contributed by atoms with van der Waals surface area (Å²) < 4.78 is 0. The van der Waals surface area contributed by atoms with Gasteiger partial charge < -0.3 is 0 Å². The zero-order valence-corrected chi connectivity index (χ0v) is 8.36. The molecule has 0 bridgehead atoms. The average Bonchev–Trinajstić information content (AvgIpc) is 2.19. The SMILES string of the molecule is O=C(NNSCCl)c1ccccc1. The highest BCUT2D eigenvalue weighted by Crippen LogP contribution is 1.98. The minimum absolute atomic E-state index is 0.168. The number of rotatable bonds is 4. The van der Waals surface area contributed by atoms with Crippen molar-refractivity contribution in [3.63, 3.8) is 0 Å². The van der Waals surface area contributed by atoms with Crippen LogP contribution in [0.2, 0.25) is 0 Å². The van der Waals surface area contributed by atoms with Crippen LogP contribution in [0.15, 0.2) is 30.3 Å². The molecule has 2 N–H and O–H groups in total. The molecular formula is C8H9ClN2OS. The lowest BCUT2D eigenvalue weighted by Crippen LogP contribution is -2.32. The Kier molecular flexibility index (Phi) is 4.67. The van der Waals surface area contributed by atoms with E-state index in [1.54, 1.807) is 12.1 Å². The summed E-state index contributed by atoms with van der Waals surface area (Å²) in [6.45, 7) is 0. The average molecular weight is 217 g/mol. The van der Waals surface area contributed by atoms with Crippen LogP contribution in [0.4, 0.5) is 0 Å². The second-order valence-electron chi connectivity index (χ2n) is 2.18. The van der Waals surface area contributed by atoms with Crippen molar-refractivity contribution in [3.05, 3.63) is 35.9 Å². The third kappa shape index (κ3) is 3.67. The summed E-state index contributed by atoms with van der Waals surface area (Å²) in [7, 11) is 0. The maximum Gasteiger partial charge on any atom is 0.266 e. The summed E-state index contributed by atoms with van der Waals surface area (Å²) in [4.78, 5) is 13.9. The number of alkyl halides is 1. The molecule has 1 amide bonds. The Labute approximate surface area is 86.0 Å². The Hall–Kier alpha value is -0.710. The number of amides is 1. The highest BCUT2D eigenvalue weighted by molar-refractivity contribution is 7.98. The van der Waals surface area contributed by atoms with Gasteiger partial charge >= 0.3 is 0 Å². The van der Waals surface area contributed by atoms with E-state index in [-0.39, 0.29) is 5.91 Å². The molecular weight excluding hydrogens is 208 g/mol. The Morgan fingerprint density at radius 1 is 1.38 bits per heavy atom. The normalized spacial score (nSPS) is 9.62. The van der Waals surface area contributed by atoms with Gasteiger partial charge in [0, 0.05) is 5.56 Å². The number of hydrogen-bond donors (Lipinski definition) is 2. The van der Waals surface area contributed by atoms with Crippen molar-refractivity contribution in [2.24, 2.45) is 0 Å². The maximum absolute atomic E-state index is 11.3. The molecule has 0 fully saturated rings. The van der Waals surface area contributed by atoms with Gasteiger partial charge in [-0.15, -0.1) is 11.6 Å². The van der Waals surface area contributed by atoms with Crippen molar-refractivity contribution in [1.82, 2.24) is 10.3 Å². The third-order valence-electron chi connectivity index (χ3n) is 1.33. The van der Waals surface area contributed by atoms with Crippen molar-refractivity contribution in [2.45, 2.75) is 0 Å². The largest absolute Gasteiger partial charge is 0.278 e. The molecule has 1 aromatic carbocycles. The van der Waals surface area contributed by atoms with E-state index < -0.39 is 0 Å². The molecule has 0 heterocycles. The van der Waals surface area contributed by atoms with E-state index >= 15 is 0 Å². The van der Waals surface area contributed by atoms with Gasteiger partial charge in [0.1, 0.15) is 0 Å². The zero-order valence-electron chi connectivity index (χ0n) is 6.79. The number of benzene rings is 1. The maximum atomic E-state index is 11.3. The first-order valence-corrected chi connectivity index (χ1v) is 5.14. The van der Waals surface area contributed by atoms with Gasteiger partial charge in [0.25, 0.3) is 5.91 Å². The lowest BCUT2D eigenvalue weighted by molar-refractivity contribution is 0.0947. The summed E-state index contributed by atoms with van der Waals surface area (Å²) in [5.74, 6) is -0.168. The van der Waals surface area contributed by atoms with E-state index in [0.29, 0.717) is 10.8 Å². The number of nitrogens with one attached hydrogen (secondary N) is 2. The first-order chi connectivity index (χ1) is 6.34. The van der Waals surface area contributed by atoms with Crippen molar-refractivity contribution >= 4 is 29.5 Å². The Bertz CT molecular complexity index is 268. The van der Waals surface area contributed by atoms with Gasteiger partial charge in [0.05, 0.1) is 5.21 Å². The molecule has 13 heavy (non-hydrogen) atoms. The molecule has 0 aromatic heterocycles. The molecule has 70 valence electrons. The first-order valence-electron chi connectivity index (χ1n) is 3.62. The number of hydrazine groups is 1. The minimum Gasteiger partial charge on any atom is -0.278 e. The second kappa shape index (κ2) is 5.85. The number of hydrogen-bond acceptors (Lipinski definition) is 3. The summed E-state index contributed by atoms with van der Waals surface area (Å²) in [5, 5.41) is 0.384. The highest BCUT2D eigenvalue weighted by Gasteiger charge is 2.01. The Balaban J connectivity index is 2.40. The Morgan fingerprint density at radius 2 is 2.08 bits per heavy atom. The van der Waals surface area contributed by atoms with Crippen LogP contribution in [0.25, 0.3) is 0 Å². The smallest absolute Gasteiger partial charge is 0.266 e. The fourth-order valence-electron chi connectivity index (χ4n) is 0.771. The fourth-order valence-corrected chi connectivity index (χ4v) is 1.15. The number of halogens is 1. The van der Waals surface area contributed by atoms with Gasteiger partial charge in [-0.25, -0.2) is 0 Å². The molecule has 0 aliphatic carbocycles. The highest BCUT2D eigenvalue weighted by atomic mass is 35.5. The van der Waals surface area contributed by atoms with E-state index in [2.05, 4.69) is 10.3 Å². The van der Waals surface area contributed by atoms with Crippen molar-refractivity contribution < 1.29 is 4.79 Å². The molecule has 1 aromatic rings. The van der Waals surface area contributed by atoms with Gasteiger partial charge in [0.2, 0.25) is 0 Å².